The molecule has 1 atom stereocenters. The number of carboxylic acid groups (broad SMARTS) is 1. The highest BCUT2D eigenvalue weighted by Crippen LogP contribution is 2.26. The largest absolute Gasteiger partial charge is 0.480 e. The molecule has 0 aliphatic heterocycles. The smallest absolute Gasteiger partial charge is 0.327 e. The topological polar surface area (TPSA) is 37.3 Å². The molecule has 0 aromatic heterocycles. The minimum atomic E-state index is -1.58. The van der Waals surface area contributed by atoms with Gasteiger partial charge in [0.15, 0.2) is 4.87 Å². The number of alkyl halides is 3. The Morgan fingerprint density at radius 1 is 1.67 bits per heavy atom. The Kier molecular flexibility index (Phi) is 3.06. The van der Waals surface area contributed by atoms with Gasteiger partial charge in [-0.1, -0.05) is 0 Å². The van der Waals surface area contributed by atoms with E-state index in [2.05, 4.69) is 0 Å². The van der Waals surface area contributed by atoms with Gasteiger partial charge in [0.2, 0.25) is 0 Å². The van der Waals surface area contributed by atoms with E-state index < -0.39 is 15.7 Å². The SMILES string of the molecule is CC(Cl)(C(=O)O)C(Cl)Cl. The van der Waals surface area contributed by atoms with Gasteiger partial charge in [0.25, 0.3) is 0 Å². The van der Waals surface area contributed by atoms with E-state index in [-0.39, 0.29) is 0 Å². The second-order valence-electron chi connectivity index (χ2n) is 1.68. The number of hydrogen-bond donors (Lipinski definition) is 1. The van der Waals surface area contributed by atoms with Crippen LogP contribution >= 0.6 is 34.8 Å². The van der Waals surface area contributed by atoms with Gasteiger partial charge in [-0.3, -0.25) is 4.79 Å². The molecule has 0 spiro atoms. The summed E-state index contributed by atoms with van der Waals surface area (Å²) in [7, 11) is 0. The molecule has 0 saturated heterocycles. The number of aliphatic carboxylic acids is 1. The van der Waals surface area contributed by atoms with Crippen LogP contribution in [0.1, 0.15) is 6.92 Å². The second kappa shape index (κ2) is 2.95. The Bertz CT molecular complexity index is 121. The molecule has 0 fully saturated rings. The van der Waals surface area contributed by atoms with Crippen LogP contribution in [0.2, 0.25) is 0 Å². The van der Waals surface area contributed by atoms with Crippen molar-refractivity contribution in [2.45, 2.75) is 16.6 Å². The highest BCUT2D eigenvalue weighted by Gasteiger charge is 2.37. The summed E-state index contributed by atoms with van der Waals surface area (Å²) in [6, 6.07) is 0. The summed E-state index contributed by atoms with van der Waals surface area (Å²) in [6.45, 7) is 1.24. The molecule has 0 amide bonds. The van der Waals surface area contributed by atoms with Gasteiger partial charge >= 0.3 is 5.97 Å². The minimum Gasteiger partial charge on any atom is -0.480 e. The van der Waals surface area contributed by atoms with Crippen molar-refractivity contribution >= 4 is 40.8 Å². The number of carboxylic acids is 1. The maximum Gasteiger partial charge on any atom is 0.327 e. The standard InChI is InChI=1S/C4H5Cl3O2/c1-4(7,2(5)6)3(8)9/h2H,1H3,(H,8,9). The van der Waals surface area contributed by atoms with Gasteiger partial charge < -0.3 is 5.11 Å². The minimum absolute atomic E-state index is 1.10. The molecular weight excluding hydrogens is 186 g/mol. The fraction of sp³-hybridized carbons (Fsp3) is 0.750. The molecule has 1 unspecified atom stereocenters. The zero-order valence-electron chi connectivity index (χ0n) is 4.57. The van der Waals surface area contributed by atoms with Crippen LogP contribution in [-0.2, 0) is 4.79 Å². The molecule has 0 bridgehead atoms. The van der Waals surface area contributed by atoms with Crippen LogP contribution in [0.25, 0.3) is 0 Å². The lowest BCUT2D eigenvalue weighted by Crippen LogP contribution is -2.35. The molecule has 1 N–H and O–H groups in total. The number of carbonyl (C=O) groups is 1. The lowest BCUT2D eigenvalue weighted by atomic mass is 10.2. The third-order valence-electron chi connectivity index (χ3n) is 0.828. The average Bonchev–Trinajstić information content (AvgIpc) is 1.65. The Hall–Kier alpha value is 0.340. The fourth-order valence-electron chi connectivity index (χ4n) is 0.0933. The summed E-state index contributed by atoms with van der Waals surface area (Å²) < 4.78 is 0. The normalized spacial score (nSPS) is 17.4. The third-order valence-corrected chi connectivity index (χ3v) is 2.30. The van der Waals surface area contributed by atoms with Crippen LogP contribution in [0.5, 0.6) is 0 Å². The zero-order chi connectivity index (χ0) is 7.65. The van der Waals surface area contributed by atoms with E-state index in [1.165, 1.54) is 6.92 Å². The van der Waals surface area contributed by atoms with E-state index in [1.807, 2.05) is 0 Å². The van der Waals surface area contributed by atoms with E-state index in [0.29, 0.717) is 0 Å². The zero-order valence-corrected chi connectivity index (χ0v) is 6.83. The molecule has 0 rings (SSSR count). The first-order valence-corrected chi connectivity index (χ1v) is 3.34. The highest BCUT2D eigenvalue weighted by molar-refractivity contribution is 6.53. The first-order chi connectivity index (χ1) is 3.89. The lowest BCUT2D eigenvalue weighted by molar-refractivity contribution is -0.139. The molecule has 0 aliphatic rings. The summed E-state index contributed by atoms with van der Waals surface area (Å²) in [6.07, 6.45) is 0. The van der Waals surface area contributed by atoms with Crippen LogP contribution in [-0.4, -0.2) is 20.8 Å². The summed E-state index contributed by atoms with van der Waals surface area (Å²) in [4.78, 5) is 7.48. The predicted molar refractivity (Wildman–Crippen MR) is 37.4 cm³/mol. The van der Waals surface area contributed by atoms with E-state index in [0.717, 1.165) is 0 Å². The van der Waals surface area contributed by atoms with E-state index >= 15 is 0 Å². The molecule has 0 aromatic rings. The maximum absolute atomic E-state index is 10.2. The highest BCUT2D eigenvalue weighted by atomic mass is 35.5. The molecule has 0 aliphatic carbocycles. The van der Waals surface area contributed by atoms with Crippen LogP contribution < -0.4 is 0 Å². The number of hydrogen-bond acceptors (Lipinski definition) is 1. The van der Waals surface area contributed by atoms with Gasteiger partial charge in [0.1, 0.15) is 4.84 Å². The lowest BCUT2D eigenvalue weighted by Gasteiger charge is -2.16. The Labute approximate surface area is 67.7 Å². The van der Waals surface area contributed by atoms with Gasteiger partial charge in [-0.2, -0.15) is 0 Å². The van der Waals surface area contributed by atoms with Gasteiger partial charge in [-0.05, 0) is 6.92 Å². The first kappa shape index (κ1) is 9.34. The summed E-state index contributed by atoms with van der Waals surface area (Å²) in [5.41, 5.74) is 0. The van der Waals surface area contributed by atoms with Crippen molar-refractivity contribution in [1.29, 1.82) is 0 Å². The van der Waals surface area contributed by atoms with Crippen molar-refractivity contribution in [3.63, 3.8) is 0 Å². The number of rotatable bonds is 2. The monoisotopic (exact) mass is 190 g/mol. The average molecular weight is 191 g/mol. The summed E-state index contributed by atoms with van der Waals surface area (Å²) in [5.74, 6) is -1.22. The van der Waals surface area contributed by atoms with Crippen LogP contribution in [0.4, 0.5) is 0 Å². The van der Waals surface area contributed by atoms with Crippen molar-refractivity contribution in [2.24, 2.45) is 0 Å². The molecule has 5 heteroatoms. The molecule has 54 valence electrons. The maximum atomic E-state index is 10.2. The van der Waals surface area contributed by atoms with Crippen molar-refractivity contribution in [3.05, 3.63) is 0 Å². The predicted octanol–water partition coefficient (Wildman–Crippen LogP) is 1.87. The molecule has 0 aromatic carbocycles. The second-order valence-corrected chi connectivity index (χ2v) is 3.56. The van der Waals surface area contributed by atoms with Gasteiger partial charge in [0.05, 0.1) is 0 Å². The van der Waals surface area contributed by atoms with E-state index in [1.54, 1.807) is 0 Å². The third kappa shape index (κ3) is 2.20. The van der Waals surface area contributed by atoms with Crippen LogP contribution in [0.15, 0.2) is 0 Å². The van der Waals surface area contributed by atoms with Crippen LogP contribution in [0, 0.1) is 0 Å². The Balaban J connectivity index is 4.19. The van der Waals surface area contributed by atoms with Crippen LogP contribution in [0.3, 0.4) is 0 Å². The van der Waals surface area contributed by atoms with Crippen molar-refractivity contribution in [1.82, 2.24) is 0 Å². The van der Waals surface area contributed by atoms with Crippen molar-refractivity contribution in [2.75, 3.05) is 0 Å². The van der Waals surface area contributed by atoms with Crippen molar-refractivity contribution in [3.8, 4) is 0 Å². The molecular formula is C4H5Cl3O2. The fourth-order valence-corrected chi connectivity index (χ4v) is 0.280. The summed E-state index contributed by atoms with van der Waals surface area (Å²) >= 11 is 15.8. The quantitative estimate of drug-likeness (QED) is 0.677. The molecule has 0 radical (unpaired) electrons. The van der Waals surface area contributed by atoms with Gasteiger partial charge in [-0.15, -0.1) is 34.8 Å². The number of halogens is 3. The van der Waals surface area contributed by atoms with E-state index in [4.69, 9.17) is 39.9 Å². The molecule has 2 nitrogen and oxygen atoms in total. The van der Waals surface area contributed by atoms with Gasteiger partial charge in [-0.25, -0.2) is 0 Å². The first-order valence-electron chi connectivity index (χ1n) is 2.09. The molecule has 0 saturated carbocycles. The molecule has 9 heavy (non-hydrogen) atoms. The summed E-state index contributed by atoms with van der Waals surface area (Å²) in [5, 5.41) is 8.31. The van der Waals surface area contributed by atoms with Gasteiger partial charge in [0, 0.05) is 0 Å². The van der Waals surface area contributed by atoms with E-state index in [9.17, 15) is 4.79 Å². The Morgan fingerprint density at radius 2 is 2.00 bits per heavy atom. The Morgan fingerprint density at radius 3 is 2.00 bits per heavy atom. The molecule has 0 heterocycles. The van der Waals surface area contributed by atoms with Crippen molar-refractivity contribution < 1.29 is 9.90 Å².